The van der Waals surface area contributed by atoms with Crippen LogP contribution in [0.5, 0.6) is 0 Å². The van der Waals surface area contributed by atoms with E-state index < -0.39 is 0 Å². The predicted molar refractivity (Wildman–Crippen MR) is 73.7 cm³/mol. The van der Waals surface area contributed by atoms with Crippen molar-refractivity contribution in [2.45, 2.75) is 53.4 Å². The minimum absolute atomic E-state index is 0.410. The van der Waals surface area contributed by atoms with Gasteiger partial charge in [-0.3, -0.25) is 0 Å². The summed E-state index contributed by atoms with van der Waals surface area (Å²) >= 11 is 6.31. The molecule has 0 bridgehead atoms. The molecule has 1 aliphatic carbocycles. The molecule has 0 aromatic rings. The topological polar surface area (TPSA) is 0 Å². The second-order valence-electron chi connectivity index (χ2n) is 5.09. The lowest BCUT2D eigenvalue weighted by atomic mass is 9.82. The lowest BCUT2D eigenvalue weighted by molar-refractivity contribution is 0.435. The van der Waals surface area contributed by atoms with Crippen molar-refractivity contribution in [2.24, 2.45) is 17.8 Å². The van der Waals surface area contributed by atoms with Gasteiger partial charge in [-0.05, 0) is 24.7 Å². The Morgan fingerprint density at radius 3 is 2.38 bits per heavy atom. The van der Waals surface area contributed by atoms with E-state index in [0.717, 1.165) is 5.03 Å². The maximum Gasteiger partial charge on any atom is 0.0210 e. The van der Waals surface area contributed by atoms with Crippen molar-refractivity contribution in [1.29, 1.82) is 0 Å². The third-order valence-electron chi connectivity index (χ3n) is 3.57. The van der Waals surface area contributed by atoms with Crippen LogP contribution in [0, 0.1) is 17.8 Å². The van der Waals surface area contributed by atoms with Crippen molar-refractivity contribution < 1.29 is 0 Å². The molecule has 0 nitrogen and oxygen atoms in total. The molecule has 3 unspecified atom stereocenters. The molecule has 0 spiro atoms. The first kappa shape index (κ1) is 13.8. The third kappa shape index (κ3) is 3.38. The average molecular weight is 241 g/mol. The summed E-state index contributed by atoms with van der Waals surface area (Å²) in [6.07, 6.45) is 9.70. The summed E-state index contributed by atoms with van der Waals surface area (Å²) in [6, 6.07) is 0. The average Bonchev–Trinajstić information content (AvgIpc) is 2.32. The molecule has 0 heterocycles. The van der Waals surface area contributed by atoms with Gasteiger partial charge in [-0.15, -0.1) is 0 Å². The Hall–Kier alpha value is -0.230. The Kier molecular flexibility index (Phi) is 5.61. The molecular weight excluding hydrogens is 216 g/mol. The van der Waals surface area contributed by atoms with E-state index in [9.17, 15) is 0 Å². The first-order valence-corrected chi connectivity index (χ1v) is 7.05. The monoisotopic (exact) mass is 240 g/mol. The Morgan fingerprint density at radius 2 is 1.81 bits per heavy atom. The first-order valence-electron chi connectivity index (χ1n) is 6.67. The molecule has 1 heteroatoms. The van der Waals surface area contributed by atoms with Gasteiger partial charge in [0, 0.05) is 11.0 Å². The highest BCUT2D eigenvalue weighted by atomic mass is 35.5. The van der Waals surface area contributed by atoms with Gasteiger partial charge in [-0.2, -0.15) is 0 Å². The SMILES string of the molecule is CCCC1=CC(C)C(Cl)=CC(C)C1CCC. The van der Waals surface area contributed by atoms with Crippen LogP contribution in [0.25, 0.3) is 0 Å². The molecule has 0 aromatic heterocycles. The van der Waals surface area contributed by atoms with Crippen LogP contribution in [0.2, 0.25) is 0 Å². The van der Waals surface area contributed by atoms with Crippen molar-refractivity contribution >= 4 is 11.6 Å². The van der Waals surface area contributed by atoms with Crippen LogP contribution in [-0.4, -0.2) is 0 Å². The van der Waals surface area contributed by atoms with Gasteiger partial charge in [0.15, 0.2) is 0 Å². The molecule has 0 radical (unpaired) electrons. The summed E-state index contributed by atoms with van der Waals surface area (Å²) in [7, 11) is 0. The minimum Gasteiger partial charge on any atom is -0.0888 e. The quantitative estimate of drug-likeness (QED) is 0.566. The van der Waals surface area contributed by atoms with E-state index in [1.807, 2.05) is 0 Å². The van der Waals surface area contributed by atoms with Gasteiger partial charge in [0.25, 0.3) is 0 Å². The number of hydrogen-bond acceptors (Lipinski definition) is 0. The maximum absolute atomic E-state index is 6.31. The van der Waals surface area contributed by atoms with E-state index in [4.69, 9.17) is 11.6 Å². The molecule has 92 valence electrons. The van der Waals surface area contributed by atoms with Gasteiger partial charge in [-0.25, -0.2) is 0 Å². The zero-order valence-corrected chi connectivity index (χ0v) is 11.8. The Balaban J connectivity index is 2.95. The smallest absolute Gasteiger partial charge is 0.0210 e. The maximum atomic E-state index is 6.31. The lowest BCUT2D eigenvalue weighted by Crippen LogP contribution is -2.12. The summed E-state index contributed by atoms with van der Waals surface area (Å²) in [5, 5.41) is 1.03. The molecule has 1 rings (SSSR count). The highest BCUT2D eigenvalue weighted by molar-refractivity contribution is 6.30. The van der Waals surface area contributed by atoms with Crippen LogP contribution >= 0.6 is 11.6 Å². The van der Waals surface area contributed by atoms with Crippen LogP contribution in [0.1, 0.15) is 53.4 Å². The van der Waals surface area contributed by atoms with Gasteiger partial charge < -0.3 is 0 Å². The first-order chi connectivity index (χ1) is 7.60. The van der Waals surface area contributed by atoms with Crippen molar-refractivity contribution in [1.82, 2.24) is 0 Å². The molecule has 0 N–H and O–H groups in total. The zero-order chi connectivity index (χ0) is 12.1. The molecule has 0 aliphatic heterocycles. The van der Waals surface area contributed by atoms with Crippen molar-refractivity contribution in [3.05, 3.63) is 22.8 Å². The van der Waals surface area contributed by atoms with Crippen LogP contribution < -0.4 is 0 Å². The molecule has 0 saturated heterocycles. The number of halogens is 1. The van der Waals surface area contributed by atoms with Crippen LogP contribution in [0.4, 0.5) is 0 Å². The Morgan fingerprint density at radius 1 is 1.12 bits per heavy atom. The number of hydrogen-bond donors (Lipinski definition) is 0. The van der Waals surface area contributed by atoms with Gasteiger partial charge in [-0.1, -0.05) is 69.9 Å². The van der Waals surface area contributed by atoms with Crippen molar-refractivity contribution in [2.75, 3.05) is 0 Å². The number of allylic oxidation sites excluding steroid dienone is 4. The minimum atomic E-state index is 0.410. The molecule has 0 amide bonds. The fourth-order valence-corrected chi connectivity index (χ4v) is 2.96. The Labute approximate surface area is 106 Å². The van der Waals surface area contributed by atoms with Crippen LogP contribution in [-0.2, 0) is 0 Å². The summed E-state index contributed by atoms with van der Waals surface area (Å²) < 4.78 is 0. The molecule has 0 aromatic carbocycles. The molecule has 0 saturated carbocycles. The van der Waals surface area contributed by atoms with Crippen LogP contribution in [0.3, 0.4) is 0 Å². The van der Waals surface area contributed by atoms with E-state index in [-0.39, 0.29) is 0 Å². The summed E-state index contributed by atoms with van der Waals surface area (Å²) in [4.78, 5) is 0. The fourth-order valence-electron chi connectivity index (χ4n) is 2.70. The van der Waals surface area contributed by atoms with E-state index in [1.165, 1.54) is 25.7 Å². The Bertz CT molecular complexity index is 275. The van der Waals surface area contributed by atoms with E-state index >= 15 is 0 Å². The van der Waals surface area contributed by atoms with E-state index in [0.29, 0.717) is 17.8 Å². The summed E-state index contributed by atoms with van der Waals surface area (Å²) in [6.45, 7) is 9.05. The van der Waals surface area contributed by atoms with E-state index in [2.05, 4.69) is 39.8 Å². The predicted octanol–water partition coefficient (Wildman–Crippen LogP) is 5.54. The summed E-state index contributed by atoms with van der Waals surface area (Å²) in [5.41, 5.74) is 1.64. The molecular formula is C15H25Cl. The second kappa shape index (κ2) is 6.49. The summed E-state index contributed by atoms with van der Waals surface area (Å²) in [5.74, 6) is 1.71. The molecule has 3 atom stereocenters. The van der Waals surface area contributed by atoms with E-state index in [1.54, 1.807) is 5.57 Å². The fraction of sp³-hybridized carbons (Fsp3) is 0.733. The third-order valence-corrected chi connectivity index (χ3v) is 4.04. The zero-order valence-electron chi connectivity index (χ0n) is 11.1. The van der Waals surface area contributed by atoms with Crippen molar-refractivity contribution in [3.63, 3.8) is 0 Å². The van der Waals surface area contributed by atoms with Gasteiger partial charge in [0.05, 0.1) is 0 Å². The van der Waals surface area contributed by atoms with Gasteiger partial charge >= 0.3 is 0 Å². The largest absolute Gasteiger partial charge is 0.0888 e. The number of rotatable bonds is 4. The molecule has 16 heavy (non-hydrogen) atoms. The highest BCUT2D eigenvalue weighted by Gasteiger charge is 2.23. The standard InChI is InChI=1S/C15H25Cl/c1-5-7-13-9-12(4)15(16)10-11(3)14(13)8-6-2/h9-12,14H,5-8H2,1-4H3. The van der Waals surface area contributed by atoms with Crippen LogP contribution in [0.15, 0.2) is 22.8 Å². The van der Waals surface area contributed by atoms with Gasteiger partial charge in [0.2, 0.25) is 0 Å². The lowest BCUT2D eigenvalue weighted by Gasteiger charge is -2.23. The molecule has 0 fully saturated rings. The van der Waals surface area contributed by atoms with Crippen molar-refractivity contribution in [3.8, 4) is 0 Å². The second-order valence-corrected chi connectivity index (χ2v) is 5.52. The normalized spacial score (nSPS) is 30.7. The highest BCUT2D eigenvalue weighted by Crippen LogP contribution is 2.36. The van der Waals surface area contributed by atoms with Gasteiger partial charge in [0.1, 0.15) is 0 Å². The molecule has 1 aliphatic rings.